The van der Waals surface area contributed by atoms with Gasteiger partial charge in [0, 0.05) is 6.20 Å². The predicted molar refractivity (Wildman–Crippen MR) is 35.5 cm³/mol. The van der Waals surface area contributed by atoms with E-state index in [1.807, 2.05) is 16.9 Å². The van der Waals surface area contributed by atoms with Crippen molar-refractivity contribution in [3.05, 3.63) is 17.4 Å². The zero-order chi connectivity index (χ0) is 6.27. The Balaban J connectivity index is 2.28. The molecule has 2 nitrogen and oxygen atoms in total. The highest BCUT2D eigenvalue weighted by Gasteiger charge is 2.23. The van der Waals surface area contributed by atoms with Crippen molar-refractivity contribution >= 4 is 11.6 Å². The van der Waals surface area contributed by atoms with Crippen LogP contribution in [0.4, 0.5) is 0 Å². The molecule has 1 fully saturated rings. The molecule has 0 amide bonds. The van der Waals surface area contributed by atoms with Crippen LogP contribution in [0.3, 0.4) is 0 Å². The topological polar surface area (TPSA) is 17.8 Å². The van der Waals surface area contributed by atoms with Crippen LogP contribution in [0.1, 0.15) is 18.9 Å². The summed E-state index contributed by atoms with van der Waals surface area (Å²) in [4.78, 5) is 0. The first-order chi connectivity index (χ1) is 4.36. The fourth-order valence-electron chi connectivity index (χ4n) is 0.857. The predicted octanol–water partition coefficient (Wildman–Crippen LogP) is 1.87. The molecule has 1 aromatic heterocycles. The Morgan fingerprint density at radius 1 is 1.67 bits per heavy atom. The standard InChI is InChI=1S/C6H7ClN2/c7-6-3-4-9(8-6)5-1-2-5/h3-5H,1-2H2. The van der Waals surface area contributed by atoms with Crippen LogP contribution in [-0.4, -0.2) is 9.78 Å². The molecule has 0 N–H and O–H groups in total. The molecule has 0 atom stereocenters. The summed E-state index contributed by atoms with van der Waals surface area (Å²) in [6.45, 7) is 0. The SMILES string of the molecule is Clc1ccn(C2CC2)n1. The summed E-state index contributed by atoms with van der Waals surface area (Å²) in [5.74, 6) is 0. The van der Waals surface area contributed by atoms with Gasteiger partial charge >= 0.3 is 0 Å². The van der Waals surface area contributed by atoms with Gasteiger partial charge in [-0.05, 0) is 18.9 Å². The van der Waals surface area contributed by atoms with Gasteiger partial charge in [-0.25, -0.2) is 0 Å². The summed E-state index contributed by atoms with van der Waals surface area (Å²) in [6, 6.07) is 2.47. The molecular formula is C6H7ClN2. The summed E-state index contributed by atoms with van der Waals surface area (Å²) in [7, 11) is 0. The van der Waals surface area contributed by atoms with Crippen molar-refractivity contribution in [1.82, 2.24) is 9.78 Å². The highest BCUT2D eigenvalue weighted by molar-refractivity contribution is 6.29. The Bertz CT molecular complexity index is 215. The lowest BCUT2D eigenvalue weighted by Gasteiger charge is -1.91. The number of hydrogen-bond acceptors (Lipinski definition) is 1. The van der Waals surface area contributed by atoms with E-state index < -0.39 is 0 Å². The molecule has 0 saturated heterocycles. The Labute approximate surface area is 58.4 Å². The maximum atomic E-state index is 5.60. The Morgan fingerprint density at radius 3 is 2.89 bits per heavy atom. The summed E-state index contributed by atoms with van der Waals surface area (Å²) < 4.78 is 1.93. The fraction of sp³-hybridized carbons (Fsp3) is 0.500. The number of nitrogens with zero attached hydrogens (tertiary/aromatic N) is 2. The molecule has 1 aliphatic rings. The number of halogens is 1. The minimum absolute atomic E-state index is 0.599. The van der Waals surface area contributed by atoms with E-state index >= 15 is 0 Å². The third-order valence-electron chi connectivity index (χ3n) is 1.50. The molecule has 0 aliphatic heterocycles. The second kappa shape index (κ2) is 1.74. The molecular weight excluding hydrogens is 136 g/mol. The number of aromatic nitrogens is 2. The molecule has 9 heavy (non-hydrogen) atoms. The smallest absolute Gasteiger partial charge is 0.151 e. The summed E-state index contributed by atoms with van der Waals surface area (Å²) in [5, 5.41) is 4.65. The maximum Gasteiger partial charge on any atom is 0.151 e. The molecule has 2 rings (SSSR count). The lowest BCUT2D eigenvalue weighted by atomic mass is 10.7. The average molecular weight is 143 g/mol. The van der Waals surface area contributed by atoms with Gasteiger partial charge in [0.25, 0.3) is 0 Å². The second-order valence-corrected chi connectivity index (χ2v) is 2.74. The monoisotopic (exact) mass is 142 g/mol. The van der Waals surface area contributed by atoms with Crippen LogP contribution < -0.4 is 0 Å². The zero-order valence-electron chi connectivity index (χ0n) is 4.92. The number of rotatable bonds is 1. The first kappa shape index (κ1) is 5.30. The summed E-state index contributed by atoms with van der Waals surface area (Å²) in [5.41, 5.74) is 0. The van der Waals surface area contributed by atoms with Crippen molar-refractivity contribution in [1.29, 1.82) is 0 Å². The van der Waals surface area contributed by atoms with E-state index in [-0.39, 0.29) is 0 Å². The van der Waals surface area contributed by atoms with E-state index in [0.717, 1.165) is 0 Å². The van der Waals surface area contributed by atoms with Crippen molar-refractivity contribution in [3.63, 3.8) is 0 Å². The molecule has 48 valence electrons. The van der Waals surface area contributed by atoms with Gasteiger partial charge < -0.3 is 0 Å². The fourth-order valence-corrected chi connectivity index (χ4v) is 1.00. The van der Waals surface area contributed by atoms with Crippen LogP contribution in [0.2, 0.25) is 5.15 Å². The van der Waals surface area contributed by atoms with Crippen molar-refractivity contribution < 1.29 is 0 Å². The maximum absolute atomic E-state index is 5.60. The van der Waals surface area contributed by atoms with Gasteiger partial charge in [-0.1, -0.05) is 11.6 Å². The van der Waals surface area contributed by atoms with Crippen LogP contribution in [-0.2, 0) is 0 Å². The molecule has 3 heteroatoms. The van der Waals surface area contributed by atoms with Crippen LogP contribution in [0.5, 0.6) is 0 Å². The van der Waals surface area contributed by atoms with E-state index in [9.17, 15) is 0 Å². The first-order valence-electron chi connectivity index (χ1n) is 3.07. The van der Waals surface area contributed by atoms with Crippen molar-refractivity contribution in [2.24, 2.45) is 0 Å². The van der Waals surface area contributed by atoms with E-state index in [4.69, 9.17) is 11.6 Å². The quantitative estimate of drug-likeness (QED) is 0.586. The molecule has 1 aliphatic carbocycles. The normalized spacial score (nSPS) is 18.3. The van der Waals surface area contributed by atoms with Crippen molar-refractivity contribution in [3.8, 4) is 0 Å². The third-order valence-corrected chi connectivity index (χ3v) is 1.70. The molecule has 0 bridgehead atoms. The average Bonchev–Trinajstić information content (AvgIpc) is 2.58. The minimum Gasteiger partial charge on any atom is -0.268 e. The molecule has 1 saturated carbocycles. The van der Waals surface area contributed by atoms with Crippen LogP contribution in [0, 0.1) is 0 Å². The third kappa shape index (κ3) is 0.944. The van der Waals surface area contributed by atoms with E-state index in [1.54, 1.807) is 0 Å². The molecule has 0 aromatic carbocycles. The Kier molecular flexibility index (Phi) is 1.02. The Morgan fingerprint density at radius 2 is 2.44 bits per heavy atom. The van der Waals surface area contributed by atoms with Gasteiger partial charge in [0.2, 0.25) is 0 Å². The van der Waals surface area contributed by atoms with Gasteiger partial charge in [0.05, 0.1) is 6.04 Å². The van der Waals surface area contributed by atoms with Crippen molar-refractivity contribution in [2.75, 3.05) is 0 Å². The largest absolute Gasteiger partial charge is 0.268 e. The second-order valence-electron chi connectivity index (χ2n) is 2.35. The van der Waals surface area contributed by atoms with Gasteiger partial charge in [0.15, 0.2) is 5.15 Å². The van der Waals surface area contributed by atoms with Crippen LogP contribution >= 0.6 is 11.6 Å². The van der Waals surface area contributed by atoms with Gasteiger partial charge in [-0.2, -0.15) is 5.10 Å². The minimum atomic E-state index is 0.599. The number of hydrogen-bond donors (Lipinski definition) is 0. The van der Waals surface area contributed by atoms with Gasteiger partial charge in [-0.3, -0.25) is 4.68 Å². The highest BCUT2D eigenvalue weighted by Crippen LogP contribution is 2.34. The summed E-state index contributed by atoms with van der Waals surface area (Å²) >= 11 is 5.60. The highest BCUT2D eigenvalue weighted by atomic mass is 35.5. The van der Waals surface area contributed by atoms with Crippen LogP contribution in [0.25, 0.3) is 0 Å². The van der Waals surface area contributed by atoms with Crippen molar-refractivity contribution in [2.45, 2.75) is 18.9 Å². The van der Waals surface area contributed by atoms with E-state index in [1.165, 1.54) is 12.8 Å². The lowest BCUT2D eigenvalue weighted by Crippen LogP contribution is -1.92. The van der Waals surface area contributed by atoms with Gasteiger partial charge in [0.1, 0.15) is 0 Å². The van der Waals surface area contributed by atoms with Gasteiger partial charge in [-0.15, -0.1) is 0 Å². The first-order valence-corrected chi connectivity index (χ1v) is 3.45. The molecule has 0 spiro atoms. The molecule has 0 radical (unpaired) electrons. The molecule has 1 heterocycles. The van der Waals surface area contributed by atoms with E-state index in [2.05, 4.69) is 5.10 Å². The summed E-state index contributed by atoms with van der Waals surface area (Å²) in [6.07, 6.45) is 4.45. The molecule has 0 unspecified atom stereocenters. The van der Waals surface area contributed by atoms with Crippen LogP contribution in [0.15, 0.2) is 12.3 Å². The Hall–Kier alpha value is -0.500. The lowest BCUT2D eigenvalue weighted by molar-refractivity contribution is 0.642. The molecule has 1 aromatic rings. The zero-order valence-corrected chi connectivity index (χ0v) is 5.67. The van der Waals surface area contributed by atoms with E-state index in [0.29, 0.717) is 11.2 Å².